The number of hydrogen-bond acceptors (Lipinski definition) is 4. The molecule has 1 aromatic carbocycles. The van der Waals surface area contributed by atoms with Crippen molar-refractivity contribution in [2.24, 2.45) is 7.05 Å². The van der Waals surface area contributed by atoms with Crippen LogP contribution >= 0.6 is 15.9 Å². The maximum absolute atomic E-state index is 12.0. The molecule has 1 N–H and O–H groups in total. The molecule has 1 aromatic heterocycles. The van der Waals surface area contributed by atoms with Crippen LogP contribution in [0.25, 0.3) is 0 Å². The first-order valence-corrected chi connectivity index (χ1v) is 6.60. The molecule has 0 aliphatic heterocycles. The second-order valence-electron chi connectivity index (χ2n) is 4.24. The fourth-order valence-electron chi connectivity index (χ4n) is 1.65. The number of hydrogen-bond donors (Lipinski definition) is 1. The lowest BCUT2D eigenvalue weighted by Crippen LogP contribution is -2.20. The Labute approximate surface area is 127 Å². The van der Waals surface area contributed by atoms with E-state index in [1.807, 2.05) is 0 Å². The monoisotopic (exact) mass is 351 g/mol. The molecule has 1 amide bonds. The van der Waals surface area contributed by atoms with Gasteiger partial charge in [0.2, 0.25) is 0 Å². The van der Waals surface area contributed by atoms with Crippen molar-refractivity contribution in [3.05, 3.63) is 67.0 Å². The molecule has 21 heavy (non-hydrogen) atoms. The standard InChI is InChI=1S/C13H10BrN3O4/c1-16-5-4-8(6-12(16)18)13(19)15-10-3-2-9(14)7-11(10)17(20)21/h2-7H,1H3,(H,15,19). The van der Waals surface area contributed by atoms with Gasteiger partial charge in [0.1, 0.15) is 5.69 Å². The molecule has 0 atom stereocenters. The predicted molar refractivity (Wildman–Crippen MR) is 80.4 cm³/mol. The van der Waals surface area contributed by atoms with E-state index in [4.69, 9.17) is 0 Å². The van der Waals surface area contributed by atoms with E-state index in [2.05, 4.69) is 21.2 Å². The molecule has 0 fully saturated rings. The van der Waals surface area contributed by atoms with Gasteiger partial charge in [0, 0.05) is 35.4 Å². The van der Waals surface area contributed by atoms with Crippen molar-refractivity contribution in [1.82, 2.24) is 4.57 Å². The number of halogens is 1. The van der Waals surface area contributed by atoms with Crippen LogP contribution in [0, 0.1) is 10.1 Å². The van der Waals surface area contributed by atoms with E-state index in [1.165, 1.54) is 35.0 Å². The fourth-order valence-corrected chi connectivity index (χ4v) is 1.99. The third kappa shape index (κ3) is 3.34. The zero-order valence-corrected chi connectivity index (χ0v) is 12.5. The number of anilines is 1. The van der Waals surface area contributed by atoms with Crippen molar-refractivity contribution in [1.29, 1.82) is 0 Å². The van der Waals surface area contributed by atoms with E-state index in [0.717, 1.165) is 0 Å². The van der Waals surface area contributed by atoms with Crippen molar-refractivity contribution >= 4 is 33.2 Å². The highest BCUT2D eigenvalue weighted by molar-refractivity contribution is 9.10. The summed E-state index contributed by atoms with van der Waals surface area (Å²) in [6.45, 7) is 0. The quantitative estimate of drug-likeness (QED) is 0.677. The van der Waals surface area contributed by atoms with Crippen molar-refractivity contribution in [2.75, 3.05) is 5.32 Å². The number of rotatable bonds is 3. The summed E-state index contributed by atoms with van der Waals surface area (Å²) >= 11 is 3.13. The maximum atomic E-state index is 12.0. The lowest BCUT2D eigenvalue weighted by molar-refractivity contribution is -0.384. The van der Waals surface area contributed by atoms with Crippen LogP contribution in [0.4, 0.5) is 11.4 Å². The Hall–Kier alpha value is -2.48. The summed E-state index contributed by atoms with van der Waals surface area (Å²) in [4.78, 5) is 33.9. The van der Waals surface area contributed by atoms with Crippen LogP contribution in [0.1, 0.15) is 10.4 Å². The Kier molecular flexibility index (Phi) is 4.18. The van der Waals surface area contributed by atoms with Crippen LogP contribution in [0.5, 0.6) is 0 Å². The van der Waals surface area contributed by atoms with Crippen LogP contribution in [0.2, 0.25) is 0 Å². The third-order valence-corrected chi connectivity index (χ3v) is 3.26. The highest BCUT2D eigenvalue weighted by Crippen LogP contribution is 2.28. The van der Waals surface area contributed by atoms with Gasteiger partial charge in [-0.3, -0.25) is 19.7 Å². The molecule has 8 heteroatoms. The number of pyridine rings is 1. The minimum absolute atomic E-state index is 0.0638. The van der Waals surface area contributed by atoms with Gasteiger partial charge in [0.25, 0.3) is 17.2 Å². The second-order valence-corrected chi connectivity index (χ2v) is 5.15. The molecule has 108 valence electrons. The first-order valence-electron chi connectivity index (χ1n) is 5.80. The zero-order valence-electron chi connectivity index (χ0n) is 10.9. The van der Waals surface area contributed by atoms with E-state index in [-0.39, 0.29) is 22.5 Å². The summed E-state index contributed by atoms with van der Waals surface area (Å²) in [6, 6.07) is 6.91. The van der Waals surface area contributed by atoms with Gasteiger partial charge in [-0.25, -0.2) is 0 Å². The zero-order chi connectivity index (χ0) is 15.6. The van der Waals surface area contributed by atoms with Crippen LogP contribution < -0.4 is 10.9 Å². The average Bonchev–Trinajstić information content (AvgIpc) is 2.43. The molecule has 1 heterocycles. The van der Waals surface area contributed by atoms with E-state index in [0.29, 0.717) is 4.47 Å². The molecule has 0 aliphatic rings. The van der Waals surface area contributed by atoms with E-state index in [1.54, 1.807) is 13.1 Å². The number of carbonyl (C=O) groups excluding carboxylic acids is 1. The molecular formula is C13H10BrN3O4. The van der Waals surface area contributed by atoms with Gasteiger partial charge in [-0.15, -0.1) is 0 Å². The summed E-state index contributed by atoms with van der Waals surface area (Å²) in [5.74, 6) is -0.585. The van der Waals surface area contributed by atoms with E-state index in [9.17, 15) is 19.7 Å². The maximum Gasteiger partial charge on any atom is 0.293 e. The number of aryl methyl sites for hydroxylation is 1. The first kappa shape index (κ1) is 14.9. The Morgan fingerprint density at radius 1 is 1.33 bits per heavy atom. The predicted octanol–water partition coefficient (Wildman–Crippen LogP) is 2.31. The first-order chi connectivity index (χ1) is 9.88. The van der Waals surface area contributed by atoms with Gasteiger partial charge in [-0.05, 0) is 18.2 Å². The smallest absolute Gasteiger partial charge is 0.293 e. The number of nitro groups is 1. The van der Waals surface area contributed by atoms with Gasteiger partial charge >= 0.3 is 0 Å². The van der Waals surface area contributed by atoms with Gasteiger partial charge < -0.3 is 9.88 Å². The largest absolute Gasteiger partial charge is 0.319 e. The summed E-state index contributed by atoms with van der Waals surface area (Å²) in [6.07, 6.45) is 1.45. The topological polar surface area (TPSA) is 94.2 Å². The number of aromatic nitrogens is 1. The Balaban J connectivity index is 2.33. The number of carbonyl (C=O) groups is 1. The lowest BCUT2D eigenvalue weighted by Gasteiger charge is -2.06. The molecular weight excluding hydrogens is 342 g/mol. The van der Waals surface area contributed by atoms with Crippen LogP contribution in [-0.2, 0) is 7.05 Å². The molecule has 2 aromatic rings. The molecule has 0 radical (unpaired) electrons. The number of benzene rings is 1. The van der Waals surface area contributed by atoms with Crippen LogP contribution in [-0.4, -0.2) is 15.4 Å². The fraction of sp³-hybridized carbons (Fsp3) is 0.0769. The number of nitrogens with zero attached hydrogens (tertiary/aromatic N) is 2. The van der Waals surface area contributed by atoms with E-state index < -0.39 is 10.8 Å². The van der Waals surface area contributed by atoms with Gasteiger partial charge in [0.15, 0.2) is 0 Å². The normalized spacial score (nSPS) is 10.2. The summed E-state index contributed by atoms with van der Waals surface area (Å²) in [5, 5.41) is 13.4. The minimum atomic E-state index is -0.593. The SMILES string of the molecule is Cn1ccc(C(=O)Nc2ccc(Br)cc2[N+](=O)[O-])cc1=O. The lowest BCUT2D eigenvalue weighted by atomic mass is 10.2. The summed E-state index contributed by atoms with van der Waals surface area (Å²) < 4.78 is 1.85. The number of amides is 1. The molecule has 7 nitrogen and oxygen atoms in total. The molecule has 0 saturated carbocycles. The molecule has 0 bridgehead atoms. The summed E-state index contributed by atoms with van der Waals surface area (Å²) in [5.41, 5.74) is -0.376. The van der Waals surface area contributed by atoms with E-state index >= 15 is 0 Å². The molecule has 0 spiro atoms. The number of nitro benzene ring substituents is 1. The highest BCUT2D eigenvalue weighted by Gasteiger charge is 2.17. The van der Waals surface area contributed by atoms with Gasteiger partial charge in [-0.1, -0.05) is 15.9 Å². The number of nitrogens with one attached hydrogen (secondary N) is 1. The Morgan fingerprint density at radius 2 is 2.05 bits per heavy atom. The van der Waals surface area contributed by atoms with Gasteiger partial charge in [0.05, 0.1) is 4.92 Å². The molecule has 0 aliphatic carbocycles. The molecule has 0 saturated heterocycles. The molecule has 0 unspecified atom stereocenters. The van der Waals surface area contributed by atoms with Crippen LogP contribution in [0.3, 0.4) is 0 Å². The van der Waals surface area contributed by atoms with Crippen molar-refractivity contribution in [3.63, 3.8) is 0 Å². The van der Waals surface area contributed by atoms with Crippen molar-refractivity contribution in [3.8, 4) is 0 Å². The minimum Gasteiger partial charge on any atom is -0.319 e. The summed E-state index contributed by atoms with van der Waals surface area (Å²) in [7, 11) is 1.56. The Morgan fingerprint density at radius 3 is 2.67 bits per heavy atom. The Bertz CT molecular complexity index is 785. The van der Waals surface area contributed by atoms with Gasteiger partial charge in [-0.2, -0.15) is 0 Å². The second kappa shape index (κ2) is 5.88. The van der Waals surface area contributed by atoms with Crippen molar-refractivity contribution in [2.45, 2.75) is 0 Å². The van der Waals surface area contributed by atoms with Crippen molar-refractivity contribution < 1.29 is 9.72 Å². The molecule has 2 rings (SSSR count). The highest BCUT2D eigenvalue weighted by atomic mass is 79.9. The average molecular weight is 352 g/mol. The van der Waals surface area contributed by atoms with Crippen LogP contribution in [0.15, 0.2) is 45.8 Å². The third-order valence-electron chi connectivity index (χ3n) is 2.77.